The molecule has 2 aromatic rings. The van der Waals surface area contributed by atoms with Crippen molar-refractivity contribution in [1.82, 2.24) is 15.3 Å². The van der Waals surface area contributed by atoms with Crippen molar-refractivity contribution < 1.29 is 4.74 Å². The largest absolute Gasteiger partial charge is 0.494 e. The molecule has 18 heavy (non-hydrogen) atoms. The second-order valence-electron chi connectivity index (χ2n) is 3.85. The summed E-state index contributed by atoms with van der Waals surface area (Å²) < 4.78 is 5.43. The van der Waals surface area contributed by atoms with Crippen LogP contribution < -0.4 is 10.1 Å². The highest BCUT2D eigenvalue weighted by molar-refractivity contribution is 5.32. The Morgan fingerprint density at radius 2 is 2.00 bits per heavy atom. The Morgan fingerprint density at radius 3 is 2.56 bits per heavy atom. The highest BCUT2D eigenvalue weighted by Crippen LogP contribution is 2.21. The Labute approximate surface area is 107 Å². The van der Waals surface area contributed by atoms with Crippen molar-refractivity contribution >= 4 is 0 Å². The summed E-state index contributed by atoms with van der Waals surface area (Å²) in [4.78, 5) is 8.43. The summed E-state index contributed by atoms with van der Waals surface area (Å²) in [6, 6.07) is 8.08. The van der Waals surface area contributed by atoms with Crippen LogP contribution in [0.1, 0.15) is 24.2 Å². The summed E-state index contributed by atoms with van der Waals surface area (Å²) in [6.45, 7) is 2.66. The normalized spacial score (nSPS) is 12.1. The minimum absolute atomic E-state index is 0.0503. The van der Waals surface area contributed by atoms with E-state index in [0.717, 1.165) is 17.0 Å². The van der Waals surface area contributed by atoms with Gasteiger partial charge in [0.05, 0.1) is 24.5 Å². The van der Waals surface area contributed by atoms with E-state index in [1.54, 1.807) is 18.6 Å². The Morgan fingerprint density at radius 1 is 1.22 bits per heavy atom. The maximum atomic E-state index is 5.43. The molecule has 0 aliphatic heterocycles. The Hall–Kier alpha value is -1.94. The van der Waals surface area contributed by atoms with E-state index in [2.05, 4.69) is 15.3 Å². The van der Waals surface area contributed by atoms with Gasteiger partial charge in [0.25, 0.3) is 0 Å². The minimum atomic E-state index is 0.0503. The quantitative estimate of drug-likeness (QED) is 0.874. The minimum Gasteiger partial charge on any atom is -0.494 e. The van der Waals surface area contributed by atoms with Crippen molar-refractivity contribution in [2.24, 2.45) is 0 Å². The topological polar surface area (TPSA) is 47.0 Å². The third kappa shape index (κ3) is 2.84. The Balaban J connectivity index is 2.23. The van der Waals surface area contributed by atoms with E-state index >= 15 is 0 Å². The molecule has 0 saturated heterocycles. The SMILES string of the molecule is CCOc1ccc(C(NC)c2cnccn2)cc1. The van der Waals surface area contributed by atoms with Gasteiger partial charge in [-0.25, -0.2) is 0 Å². The van der Waals surface area contributed by atoms with Gasteiger partial charge >= 0.3 is 0 Å². The van der Waals surface area contributed by atoms with Gasteiger partial charge in [-0.1, -0.05) is 12.1 Å². The molecule has 0 saturated carbocycles. The number of hydrogen-bond donors (Lipinski definition) is 1. The van der Waals surface area contributed by atoms with Crippen LogP contribution in [0.2, 0.25) is 0 Å². The van der Waals surface area contributed by atoms with Crippen LogP contribution in [0.3, 0.4) is 0 Å². The first-order chi connectivity index (χ1) is 8.85. The van der Waals surface area contributed by atoms with Crippen molar-refractivity contribution in [2.75, 3.05) is 13.7 Å². The van der Waals surface area contributed by atoms with Crippen molar-refractivity contribution in [3.63, 3.8) is 0 Å². The van der Waals surface area contributed by atoms with Gasteiger partial charge in [-0.3, -0.25) is 9.97 Å². The van der Waals surface area contributed by atoms with Crippen LogP contribution in [0.4, 0.5) is 0 Å². The predicted molar refractivity (Wildman–Crippen MR) is 70.5 cm³/mol. The standard InChI is InChI=1S/C14H17N3O/c1-3-18-12-6-4-11(5-7-12)14(15-2)13-10-16-8-9-17-13/h4-10,14-15H,3H2,1-2H3. The lowest BCUT2D eigenvalue weighted by molar-refractivity contribution is 0.340. The van der Waals surface area contributed by atoms with E-state index in [9.17, 15) is 0 Å². The van der Waals surface area contributed by atoms with Crippen LogP contribution in [0.15, 0.2) is 42.9 Å². The molecule has 1 aromatic heterocycles. The van der Waals surface area contributed by atoms with Gasteiger partial charge < -0.3 is 10.1 Å². The molecule has 1 heterocycles. The summed E-state index contributed by atoms with van der Waals surface area (Å²) >= 11 is 0. The fourth-order valence-corrected chi connectivity index (χ4v) is 1.87. The van der Waals surface area contributed by atoms with Gasteiger partial charge in [0.2, 0.25) is 0 Å². The first-order valence-electron chi connectivity index (χ1n) is 6.01. The Bertz CT molecular complexity index is 470. The average Bonchev–Trinajstić information content (AvgIpc) is 2.43. The lowest BCUT2D eigenvalue weighted by Gasteiger charge is -2.16. The van der Waals surface area contributed by atoms with Crippen LogP contribution in [0, 0.1) is 0 Å². The summed E-state index contributed by atoms with van der Waals surface area (Å²) in [5, 5.41) is 3.24. The van der Waals surface area contributed by atoms with Crippen LogP contribution in [-0.4, -0.2) is 23.6 Å². The molecule has 4 nitrogen and oxygen atoms in total. The van der Waals surface area contributed by atoms with Crippen LogP contribution >= 0.6 is 0 Å². The molecule has 1 unspecified atom stereocenters. The summed E-state index contributed by atoms with van der Waals surface area (Å²) in [6.07, 6.45) is 5.15. The third-order valence-corrected chi connectivity index (χ3v) is 2.69. The molecule has 4 heteroatoms. The molecule has 1 N–H and O–H groups in total. The van der Waals surface area contributed by atoms with Gasteiger partial charge in [-0.15, -0.1) is 0 Å². The zero-order chi connectivity index (χ0) is 12.8. The summed E-state index contributed by atoms with van der Waals surface area (Å²) in [5.41, 5.74) is 2.05. The maximum absolute atomic E-state index is 5.43. The van der Waals surface area contributed by atoms with Crippen LogP contribution in [0.5, 0.6) is 5.75 Å². The first-order valence-corrected chi connectivity index (χ1v) is 6.01. The molecule has 0 bridgehead atoms. The number of rotatable bonds is 5. The predicted octanol–water partition coefficient (Wildman–Crippen LogP) is 2.18. The molecule has 0 fully saturated rings. The van der Waals surface area contributed by atoms with Gasteiger partial charge in [0.1, 0.15) is 5.75 Å². The lowest BCUT2D eigenvalue weighted by atomic mass is 10.0. The van der Waals surface area contributed by atoms with Gasteiger partial charge in [-0.2, -0.15) is 0 Å². The van der Waals surface area contributed by atoms with E-state index in [1.165, 1.54) is 0 Å². The zero-order valence-electron chi connectivity index (χ0n) is 10.6. The van der Waals surface area contributed by atoms with Crippen molar-refractivity contribution in [1.29, 1.82) is 0 Å². The van der Waals surface area contributed by atoms with Gasteiger partial charge in [0, 0.05) is 12.4 Å². The number of nitrogens with zero attached hydrogens (tertiary/aromatic N) is 2. The molecular formula is C14H17N3O. The number of aromatic nitrogens is 2. The van der Waals surface area contributed by atoms with E-state index in [0.29, 0.717) is 6.61 Å². The second kappa shape index (κ2) is 6.12. The van der Waals surface area contributed by atoms with Gasteiger partial charge in [0.15, 0.2) is 0 Å². The second-order valence-corrected chi connectivity index (χ2v) is 3.85. The van der Waals surface area contributed by atoms with Crippen molar-refractivity contribution in [3.05, 3.63) is 54.1 Å². The maximum Gasteiger partial charge on any atom is 0.119 e. The smallest absolute Gasteiger partial charge is 0.119 e. The Kier molecular flexibility index (Phi) is 4.25. The third-order valence-electron chi connectivity index (χ3n) is 2.69. The molecule has 0 spiro atoms. The molecule has 0 aliphatic carbocycles. The number of ether oxygens (including phenoxy) is 1. The summed E-state index contributed by atoms with van der Waals surface area (Å²) in [7, 11) is 1.91. The molecule has 1 atom stereocenters. The fraction of sp³-hybridized carbons (Fsp3) is 0.286. The monoisotopic (exact) mass is 243 g/mol. The molecule has 94 valence electrons. The van der Waals surface area contributed by atoms with Crippen molar-refractivity contribution in [3.8, 4) is 5.75 Å². The van der Waals surface area contributed by atoms with E-state index < -0.39 is 0 Å². The van der Waals surface area contributed by atoms with Crippen LogP contribution in [-0.2, 0) is 0 Å². The zero-order valence-corrected chi connectivity index (χ0v) is 10.6. The summed E-state index contributed by atoms with van der Waals surface area (Å²) in [5.74, 6) is 0.884. The molecule has 2 rings (SSSR count). The van der Waals surface area contributed by atoms with Crippen LogP contribution in [0.25, 0.3) is 0 Å². The van der Waals surface area contributed by atoms with Crippen molar-refractivity contribution in [2.45, 2.75) is 13.0 Å². The highest BCUT2D eigenvalue weighted by atomic mass is 16.5. The first kappa shape index (κ1) is 12.5. The number of nitrogens with one attached hydrogen (secondary N) is 1. The van der Waals surface area contributed by atoms with E-state index in [1.807, 2.05) is 38.2 Å². The van der Waals surface area contributed by atoms with Gasteiger partial charge in [-0.05, 0) is 31.7 Å². The van der Waals surface area contributed by atoms with E-state index in [-0.39, 0.29) is 6.04 Å². The number of hydrogen-bond acceptors (Lipinski definition) is 4. The molecule has 0 amide bonds. The lowest BCUT2D eigenvalue weighted by Crippen LogP contribution is -2.18. The van der Waals surface area contributed by atoms with E-state index in [4.69, 9.17) is 4.74 Å². The average molecular weight is 243 g/mol. The molecule has 0 radical (unpaired) electrons. The highest BCUT2D eigenvalue weighted by Gasteiger charge is 2.13. The molecule has 0 aliphatic rings. The molecular weight excluding hydrogens is 226 g/mol. The number of benzene rings is 1. The molecule has 1 aromatic carbocycles. The fourth-order valence-electron chi connectivity index (χ4n) is 1.87.